The number of aromatic nitrogens is 4. The molecule has 1 amide bonds. The Kier molecular flexibility index (Phi) is 11.1. The van der Waals surface area contributed by atoms with Crippen LogP contribution >= 0.6 is 27.0 Å². The van der Waals surface area contributed by atoms with Gasteiger partial charge >= 0.3 is 5.97 Å². The van der Waals surface area contributed by atoms with E-state index in [4.69, 9.17) is 15.6 Å². The summed E-state index contributed by atoms with van der Waals surface area (Å²) in [6, 6.07) is 7.71. The Morgan fingerprint density at radius 1 is 1.08 bits per heavy atom. The molecule has 1 fully saturated rings. The molecule has 0 spiro atoms. The van der Waals surface area contributed by atoms with Gasteiger partial charge in [-0.15, -0.1) is 0 Å². The quantitative estimate of drug-likeness (QED) is 0.194. The largest absolute Gasteiger partial charge is 0.481 e. The Bertz CT molecular complexity index is 1240. The number of aryl methyl sites for hydroxylation is 1. The van der Waals surface area contributed by atoms with Crippen LogP contribution in [0.4, 0.5) is 11.8 Å². The third-order valence-corrected chi connectivity index (χ3v) is 5.92. The number of fused-ring (bicyclic) bond motifs is 1. The molecule has 208 valence electrons. The highest BCUT2D eigenvalue weighted by molar-refractivity contribution is 7.59. The van der Waals surface area contributed by atoms with E-state index in [0.29, 0.717) is 31.4 Å². The summed E-state index contributed by atoms with van der Waals surface area (Å²) >= 11 is 0. The molecule has 0 saturated carbocycles. The van der Waals surface area contributed by atoms with Crippen molar-refractivity contribution in [1.29, 1.82) is 0 Å². The molecule has 1 aliphatic heterocycles. The van der Waals surface area contributed by atoms with Gasteiger partial charge in [-0.1, -0.05) is 24.3 Å². The molecule has 0 radical (unpaired) electrons. The molecular weight excluding hydrogens is 534 g/mol. The third-order valence-electron chi connectivity index (χ3n) is 5.92. The molecule has 15 heteroatoms. The lowest BCUT2D eigenvalue weighted by Crippen LogP contribution is -2.42. The normalized spacial score (nSPS) is 20.4. The molecule has 2 aromatic heterocycles. The molecule has 7 N–H and O–H groups in total. The zero-order chi connectivity index (χ0) is 25.8. The van der Waals surface area contributed by atoms with E-state index in [-0.39, 0.29) is 50.8 Å². The molecule has 3 heterocycles. The van der Waals surface area contributed by atoms with Crippen LogP contribution in [-0.2, 0) is 27.2 Å². The number of anilines is 2. The van der Waals surface area contributed by atoms with Crippen molar-refractivity contribution >= 4 is 61.8 Å². The summed E-state index contributed by atoms with van der Waals surface area (Å²) in [6.07, 6.45) is -2.56. The minimum absolute atomic E-state index is 0. The number of hydrogen-bond donors (Lipinski definition) is 6. The number of carboxylic acids is 1. The van der Waals surface area contributed by atoms with Crippen molar-refractivity contribution in [3.8, 4) is 0 Å². The fraction of sp³-hybridized carbons (Fsp3) is 0.435. The van der Waals surface area contributed by atoms with E-state index in [1.54, 1.807) is 6.92 Å². The van der Waals surface area contributed by atoms with Crippen LogP contribution in [0, 0.1) is 0 Å². The Hall–Kier alpha value is -3.11. The monoisotopic (exact) mass is 567 g/mol. The van der Waals surface area contributed by atoms with Crippen LogP contribution in [0.15, 0.2) is 30.6 Å². The maximum atomic E-state index is 12.2. The lowest BCUT2D eigenvalue weighted by atomic mass is 10.1. The molecule has 1 aromatic carbocycles. The smallest absolute Gasteiger partial charge is 0.303 e. The number of rotatable bonds is 10. The van der Waals surface area contributed by atoms with E-state index in [1.165, 1.54) is 10.9 Å². The van der Waals surface area contributed by atoms with E-state index in [9.17, 15) is 19.8 Å². The van der Waals surface area contributed by atoms with Crippen LogP contribution in [0.25, 0.3) is 11.2 Å². The molecule has 4 rings (SSSR count). The summed E-state index contributed by atoms with van der Waals surface area (Å²) in [7, 11) is 0. The van der Waals surface area contributed by atoms with Gasteiger partial charge in [0.15, 0.2) is 23.8 Å². The summed E-state index contributed by atoms with van der Waals surface area (Å²) in [4.78, 5) is 35.8. The number of imidazole rings is 1. The molecular formula is C23H33N7O6S2. The van der Waals surface area contributed by atoms with Gasteiger partial charge in [0.25, 0.3) is 5.91 Å². The fourth-order valence-electron chi connectivity index (χ4n) is 4.03. The molecule has 0 bridgehead atoms. The zero-order valence-electron chi connectivity index (χ0n) is 20.7. The number of carboxylic acid groups (broad SMARTS) is 1. The highest BCUT2D eigenvalue weighted by Crippen LogP contribution is 2.32. The van der Waals surface area contributed by atoms with Gasteiger partial charge in [-0.3, -0.25) is 14.2 Å². The number of amides is 1. The summed E-state index contributed by atoms with van der Waals surface area (Å²) in [6.45, 7) is 2.59. The summed E-state index contributed by atoms with van der Waals surface area (Å²) < 4.78 is 7.09. The highest BCUT2D eigenvalue weighted by Gasteiger charge is 2.47. The molecule has 1 aliphatic rings. The predicted octanol–water partition coefficient (Wildman–Crippen LogP) is 0.0612. The maximum absolute atomic E-state index is 12.2. The average molecular weight is 568 g/mol. The van der Waals surface area contributed by atoms with Gasteiger partial charge in [-0.05, 0) is 30.9 Å². The standard InChI is InChI=1S/C23H29N7O6.2H2S/c1-2-25-21(35)18-16(33)17(34)22(36-18)30-11-27-15-19(24)28-23(29-20(15)30)26-10-9-13-5-3-12(4-6-13)7-8-14(31)32;;/h3-6,11,16-18,22,33-34H,2,7-10H2,1H3,(H,25,35)(H,31,32)(H3,24,26,28,29);2*1H2/t16-,17+,18?,22?;;/m0../s1. The number of nitrogen functional groups attached to an aromatic ring is 1. The van der Waals surface area contributed by atoms with Crippen LogP contribution in [-0.4, -0.2) is 78.1 Å². The average Bonchev–Trinajstić information content (AvgIpc) is 3.40. The van der Waals surface area contributed by atoms with Gasteiger partial charge in [-0.2, -0.15) is 37.0 Å². The van der Waals surface area contributed by atoms with Gasteiger partial charge in [0, 0.05) is 19.5 Å². The van der Waals surface area contributed by atoms with Crippen molar-refractivity contribution in [3.05, 3.63) is 41.7 Å². The molecule has 4 atom stereocenters. The number of aliphatic hydroxyl groups is 2. The number of nitrogens with zero attached hydrogens (tertiary/aromatic N) is 4. The summed E-state index contributed by atoms with van der Waals surface area (Å²) in [5.74, 6) is -0.985. The van der Waals surface area contributed by atoms with Gasteiger partial charge in [-0.25, -0.2) is 4.98 Å². The second kappa shape index (κ2) is 13.6. The number of nitrogens with one attached hydrogen (secondary N) is 2. The Morgan fingerprint density at radius 3 is 2.37 bits per heavy atom. The number of hydrogen-bond acceptors (Lipinski definition) is 10. The fourth-order valence-corrected chi connectivity index (χ4v) is 4.03. The highest BCUT2D eigenvalue weighted by atomic mass is 32.1. The first-order valence-electron chi connectivity index (χ1n) is 11.6. The van der Waals surface area contributed by atoms with Crippen LogP contribution in [0.5, 0.6) is 0 Å². The van der Waals surface area contributed by atoms with Crippen LogP contribution < -0.4 is 16.4 Å². The zero-order valence-corrected chi connectivity index (χ0v) is 22.7. The maximum Gasteiger partial charge on any atom is 0.303 e. The number of aliphatic hydroxyl groups excluding tert-OH is 2. The minimum atomic E-state index is -1.42. The molecule has 3 aromatic rings. The molecule has 2 unspecified atom stereocenters. The first-order valence-corrected chi connectivity index (χ1v) is 11.6. The van der Waals surface area contributed by atoms with Crippen LogP contribution in [0.3, 0.4) is 0 Å². The second-order valence-electron chi connectivity index (χ2n) is 8.47. The first-order chi connectivity index (χ1) is 17.3. The number of nitrogens with two attached hydrogens (primary N) is 1. The van der Waals surface area contributed by atoms with Crippen molar-refractivity contribution in [2.45, 2.75) is 50.7 Å². The molecule has 0 aliphatic carbocycles. The Balaban J connectivity index is 0.00000253. The van der Waals surface area contributed by atoms with E-state index in [2.05, 4.69) is 25.6 Å². The van der Waals surface area contributed by atoms with Crippen LogP contribution in [0.2, 0.25) is 0 Å². The number of benzene rings is 1. The van der Waals surface area contributed by atoms with E-state index < -0.39 is 36.4 Å². The molecule has 38 heavy (non-hydrogen) atoms. The third kappa shape index (κ3) is 6.85. The van der Waals surface area contributed by atoms with Gasteiger partial charge in [0.1, 0.15) is 17.7 Å². The predicted molar refractivity (Wildman–Crippen MR) is 150 cm³/mol. The number of ether oxygens (including phenoxy) is 1. The number of likely N-dealkylation sites (N-methyl/N-ethyl adjacent to an activating group) is 1. The Morgan fingerprint density at radius 2 is 1.74 bits per heavy atom. The van der Waals surface area contributed by atoms with Gasteiger partial charge in [0.05, 0.1) is 6.33 Å². The number of carbonyl (C=O) groups is 2. The van der Waals surface area contributed by atoms with Gasteiger partial charge < -0.3 is 36.4 Å². The van der Waals surface area contributed by atoms with Gasteiger partial charge in [0.2, 0.25) is 5.95 Å². The molecule has 1 saturated heterocycles. The van der Waals surface area contributed by atoms with E-state index in [1.807, 2.05) is 24.3 Å². The first kappa shape index (κ1) is 31.1. The van der Waals surface area contributed by atoms with Crippen molar-refractivity contribution in [2.24, 2.45) is 0 Å². The lowest BCUT2D eigenvalue weighted by Gasteiger charge is -2.16. The summed E-state index contributed by atoms with van der Waals surface area (Å²) in [5.41, 5.74) is 8.65. The van der Waals surface area contributed by atoms with Crippen molar-refractivity contribution in [2.75, 3.05) is 24.1 Å². The van der Waals surface area contributed by atoms with Crippen LogP contribution in [0.1, 0.15) is 30.7 Å². The van der Waals surface area contributed by atoms with Crippen molar-refractivity contribution in [1.82, 2.24) is 24.8 Å². The number of carbonyl (C=O) groups excluding carboxylic acids is 1. The Labute approximate surface area is 232 Å². The lowest BCUT2D eigenvalue weighted by molar-refractivity contribution is -0.138. The molecule has 13 nitrogen and oxygen atoms in total. The van der Waals surface area contributed by atoms with Crippen molar-refractivity contribution < 1.29 is 29.6 Å². The van der Waals surface area contributed by atoms with Crippen molar-refractivity contribution in [3.63, 3.8) is 0 Å². The summed E-state index contributed by atoms with van der Waals surface area (Å²) in [5, 5.41) is 35.4. The number of aliphatic carboxylic acids is 1. The van der Waals surface area contributed by atoms with E-state index >= 15 is 0 Å². The minimum Gasteiger partial charge on any atom is -0.481 e. The topological polar surface area (TPSA) is 198 Å². The SMILES string of the molecule is CCNC(=O)C1OC(n2cnc3c(N)nc(NCCc4ccc(CCC(=O)O)cc4)nc32)[C@H](O)[C@@H]1O.S.S. The second-order valence-corrected chi connectivity index (χ2v) is 8.47. The van der Waals surface area contributed by atoms with E-state index in [0.717, 1.165) is 11.1 Å².